The van der Waals surface area contributed by atoms with E-state index in [4.69, 9.17) is 4.74 Å². The molecule has 0 aliphatic heterocycles. The lowest BCUT2D eigenvalue weighted by Crippen LogP contribution is -2.38. The SMILES string of the molecule is Cc1ccc(C(O)CNC2CCC(C(=O)OC(C)(C)C)CC2)cc1. The average molecular weight is 333 g/mol. The van der Waals surface area contributed by atoms with Crippen molar-refractivity contribution >= 4 is 5.97 Å². The molecule has 1 atom stereocenters. The Labute approximate surface area is 145 Å². The predicted molar refractivity (Wildman–Crippen MR) is 95.7 cm³/mol. The smallest absolute Gasteiger partial charge is 0.309 e. The molecule has 0 heterocycles. The van der Waals surface area contributed by atoms with Crippen LogP contribution in [-0.4, -0.2) is 29.3 Å². The number of hydrogen-bond acceptors (Lipinski definition) is 4. The number of carbonyl (C=O) groups excluding carboxylic acids is 1. The monoisotopic (exact) mass is 333 g/mol. The van der Waals surface area contributed by atoms with Crippen molar-refractivity contribution < 1.29 is 14.6 Å². The zero-order chi connectivity index (χ0) is 17.7. The van der Waals surface area contributed by atoms with Crippen LogP contribution in [0, 0.1) is 12.8 Å². The molecule has 0 bridgehead atoms. The third-order valence-electron chi connectivity index (χ3n) is 4.53. The second-order valence-corrected chi connectivity index (χ2v) is 7.92. The molecule has 1 saturated carbocycles. The zero-order valence-electron chi connectivity index (χ0n) is 15.3. The van der Waals surface area contributed by atoms with Crippen LogP contribution in [-0.2, 0) is 9.53 Å². The molecule has 24 heavy (non-hydrogen) atoms. The van der Waals surface area contributed by atoms with Crippen LogP contribution < -0.4 is 5.32 Å². The lowest BCUT2D eigenvalue weighted by atomic mass is 9.86. The first-order valence-corrected chi connectivity index (χ1v) is 8.95. The lowest BCUT2D eigenvalue weighted by molar-refractivity contribution is -0.161. The lowest BCUT2D eigenvalue weighted by Gasteiger charge is -2.30. The van der Waals surface area contributed by atoms with Crippen molar-refractivity contribution in [1.82, 2.24) is 5.32 Å². The summed E-state index contributed by atoms with van der Waals surface area (Å²) >= 11 is 0. The quantitative estimate of drug-likeness (QED) is 0.810. The zero-order valence-corrected chi connectivity index (χ0v) is 15.3. The Morgan fingerprint density at radius 2 is 1.79 bits per heavy atom. The highest BCUT2D eigenvalue weighted by molar-refractivity contribution is 5.73. The minimum Gasteiger partial charge on any atom is -0.460 e. The second kappa shape index (κ2) is 8.13. The molecule has 4 heteroatoms. The Bertz CT molecular complexity index is 525. The number of nitrogens with one attached hydrogen (secondary N) is 1. The third kappa shape index (κ3) is 5.91. The minimum atomic E-state index is -0.492. The molecule has 0 aromatic heterocycles. The molecule has 0 spiro atoms. The van der Waals surface area contributed by atoms with Gasteiger partial charge in [-0.3, -0.25) is 4.79 Å². The van der Waals surface area contributed by atoms with Crippen LogP contribution >= 0.6 is 0 Å². The van der Waals surface area contributed by atoms with E-state index < -0.39 is 11.7 Å². The van der Waals surface area contributed by atoms with Gasteiger partial charge in [0.05, 0.1) is 12.0 Å². The normalized spacial score (nSPS) is 22.9. The van der Waals surface area contributed by atoms with E-state index in [1.54, 1.807) is 0 Å². The summed E-state index contributed by atoms with van der Waals surface area (Å²) in [6.45, 7) is 8.31. The number of aliphatic hydroxyl groups excluding tert-OH is 1. The van der Waals surface area contributed by atoms with Crippen molar-refractivity contribution in [1.29, 1.82) is 0 Å². The molecule has 4 nitrogen and oxygen atoms in total. The van der Waals surface area contributed by atoms with Crippen molar-refractivity contribution in [3.63, 3.8) is 0 Å². The topological polar surface area (TPSA) is 58.6 Å². The van der Waals surface area contributed by atoms with Crippen molar-refractivity contribution in [3.8, 4) is 0 Å². The first kappa shape index (κ1) is 18.9. The first-order valence-electron chi connectivity index (χ1n) is 8.95. The van der Waals surface area contributed by atoms with Crippen molar-refractivity contribution in [2.45, 2.75) is 71.1 Å². The molecular weight excluding hydrogens is 302 g/mol. The summed E-state index contributed by atoms with van der Waals surface area (Å²) in [5, 5.41) is 13.7. The van der Waals surface area contributed by atoms with E-state index in [0.29, 0.717) is 12.6 Å². The fraction of sp³-hybridized carbons (Fsp3) is 0.650. The van der Waals surface area contributed by atoms with Crippen molar-refractivity contribution in [2.24, 2.45) is 5.92 Å². The maximum Gasteiger partial charge on any atom is 0.309 e. The number of hydrogen-bond donors (Lipinski definition) is 2. The van der Waals surface area contributed by atoms with Crippen LogP contribution in [0.4, 0.5) is 0 Å². The Balaban J connectivity index is 1.73. The number of ether oxygens (including phenoxy) is 1. The number of carbonyl (C=O) groups is 1. The Hall–Kier alpha value is -1.39. The number of esters is 1. The van der Waals surface area contributed by atoms with E-state index in [0.717, 1.165) is 31.2 Å². The van der Waals surface area contributed by atoms with E-state index in [-0.39, 0.29) is 11.9 Å². The van der Waals surface area contributed by atoms with Gasteiger partial charge in [0.2, 0.25) is 0 Å². The molecule has 2 rings (SSSR count). The van der Waals surface area contributed by atoms with Gasteiger partial charge in [0.15, 0.2) is 0 Å². The second-order valence-electron chi connectivity index (χ2n) is 7.92. The summed E-state index contributed by atoms with van der Waals surface area (Å²) in [4.78, 5) is 12.1. The van der Waals surface area contributed by atoms with Gasteiger partial charge in [-0.1, -0.05) is 29.8 Å². The minimum absolute atomic E-state index is 0.0179. The molecule has 0 saturated heterocycles. The predicted octanol–water partition coefficient (Wildman–Crippen LogP) is 3.52. The highest BCUT2D eigenvalue weighted by Crippen LogP contribution is 2.27. The van der Waals surface area contributed by atoms with Crippen LogP contribution in [0.15, 0.2) is 24.3 Å². The summed E-state index contributed by atoms with van der Waals surface area (Å²) in [6.07, 6.45) is 3.12. The standard InChI is InChI=1S/C20H31NO3/c1-14-5-7-15(8-6-14)18(22)13-21-17-11-9-16(10-12-17)19(23)24-20(2,3)4/h5-8,16-18,21-22H,9-13H2,1-4H3. The van der Waals surface area contributed by atoms with Crippen LogP contribution in [0.1, 0.15) is 63.7 Å². The van der Waals surface area contributed by atoms with Crippen LogP contribution in [0.3, 0.4) is 0 Å². The molecule has 0 radical (unpaired) electrons. The Morgan fingerprint density at radius 3 is 2.33 bits per heavy atom. The van der Waals surface area contributed by atoms with Gasteiger partial charge in [-0.05, 0) is 58.9 Å². The van der Waals surface area contributed by atoms with E-state index in [2.05, 4.69) is 5.32 Å². The fourth-order valence-corrected chi connectivity index (χ4v) is 3.10. The summed E-state index contributed by atoms with van der Waals surface area (Å²) in [5.74, 6) is -0.0510. The Morgan fingerprint density at radius 1 is 1.21 bits per heavy atom. The number of rotatable bonds is 5. The molecular formula is C20H31NO3. The number of benzene rings is 1. The molecule has 1 aromatic carbocycles. The summed E-state index contributed by atoms with van der Waals surface area (Å²) in [7, 11) is 0. The van der Waals surface area contributed by atoms with Gasteiger partial charge in [-0.15, -0.1) is 0 Å². The Kier molecular flexibility index (Phi) is 6.41. The summed E-state index contributed by atoms with van der Waals surface area (Å²) < 4.78 is 5.48. The van der Waals surface area contributed by atoms with Crippen molar-refractivity contribution in [2.75, 3.05) is 6.54 Å². The van der Waals surface area contributed by atoms with Crippen LogP contribution in [0.5, 0.6) is 0 Å². The average Bonchev–Trinajstić information content (AvgIpc) is 2.52. The first-order chi connectivity index (χ1) is 11.2. The maximum absolute atomic E-state index is 12.1. The summed E-state index contributed by atoms with van der Waals surface area (Å²) in [5.41, 5.74) is 1.72. The number of aliphatic hydroxyl groups is 1. The highest BCUT2D eigenvalue weighted by Gasteiger charge is 2.29. The van der Waals surface area contributed by atoms with E-state index in [1.807, 2.05) is 52.0 Å². The fourth-order valence-electron chi connectivity index (χ4n) is 3.10. The molecule has 2 N–H and O–H groups in total. The van der Waals surface area contributed by atoms with Crippen LogP contribution in [0.2, 0.25) is 0 Å². The van der Waals surface area contributed by atoms with Crippen LogP contribution in [0.25, 0.3) is 0 Å². The van der Waals surface area contributed by atoms with Crippen molar-refractivity contribution in [3.05, 3.63) is 35.4 Å². The van der Waals surface area contributed by atoms with E-state index in [1.165, 1.54) is 5.56 Å². The van der Waals surface area contributed by atoms with Gasteiger partial charge in [0.25, 0.3) is 0 Å². The molecule has 134 valence electrons. The number of aryl methyl sites for hydroxylation is 1. The van der Waals surface area contributed by atoms with Gasteiger partial charge in [-0.2, -0.15) is 0 Å². The third-order valence-corrected chi connectivity index (χ3v) is 4.53. The molecule has 1 aliphatic carbocycles. The van der Waals surface area contributed by atoms with Gasteiger partial charge in [0.1, 0.15) is 5.60 Å². The maximum atomic E-state index is 12.1. The molecule has 1 aromatic rings. The summed E-state index contributed by atoms with van der Waals surface area (Å²) in [6, 6.07) is 8.35. The van der Waals surface area contributed by atoms with Gasteiger partial charge in [-0.25, -0.2) is 0 Å². The van der Waals surface area contributed by atoms with E-state index in [9.17, 15) is 9.90 Å². The molecule has 0 amide bonds. The largest absolute Gasteiger partial charge is 0.460 e. The van der Waals surface area contributed by atoms with Gasteiger partial charge >= 0.3 is 5.97 Å². The molecule has 1 fully saturated rings. The van der Waals surface area contributed by atoms with Gasteiger partial charge < -0.3 is 15.2 Å². The highest BCUT2D eigenvalue weighted by atomic mass is 16.6. The van der Waals surface area contributed by atoms with Gasteiger partial charge in [0, 0.05) is 12.6 Å². The molecule has 1 aliphatic rings. The van der Waals surface area contributed by atoms with E-state index >= 15 is 0 Å². The molecule has 1 unspecified atom stereocenters.